The Morgan fingerprint density at radius 1 is 1.40 bits per heavy atom. The molecule has 1 saturated heterocycles. The van der Waals surface area contributed by atoms with Crippen LogP contribution < -0.4 is 0 Å². The maximum absolute atomic E-state index is 12.1. The van der Waals surface area contributed by atoms with E-state index in [1.54, 1.807) is 20.8 Å². The molecule has 0 aromatic carbocycles. The Hall–Kier alpha value is -1.52. The molecule has 0 spiro atoms. The lowest BCUT2D eigenvalue weighted by atomic mass is 10.2. The van der Waals surface area contributed by atoms with Crippen molar-refractivity contribution in [2.75, 3.05) is 13.2 Å². The molecular formula is C15H25NO4. The van der Waals surface area contributed by atoms with E-state index < -0.39 is 17.7 Å². The average molecular weight is 283 g/mol. The molecule has 1 rings (SSSR count). The van der Waals surface area contributed by atoms with Gasteiger partial charge in [-0.1, -0.05) is 25.5 Å². The monoisotopic (exact) mass is 283 g/mol. The maximum atomic E-state index is 12.1. The van der Waals surface area contributed by atoms with E-state index in [0.29, 0.717) is 19.6 Å². The fraction of sp³-hybridized carbons (Fsp3) is 0.733. The van der Waals surface area contributed by atoms with E-state index >= 15 is 0 Å². The van der Waals surface area contributed by atoms with Crippen LogP contribution in [0.4, 0.5) is 4.79 Å². The molecule has 0 aromatic heterocycles. The molecule has 0 N–H and O–H groups in total. The number of likely N-dealkylation sites (tertiary alicyclic amines) is 1. The summed E-state index contributed by atoms with van der Waals surface area (Å²) < 4.78 is 10.5. The number of unbranched alkanes of at least 4 members (excludes halogenated alkanes) is 1. The quantitative estimate of drug-likeness (QED) is 0.452. The summed E-state index contributed by atoms with van der Waals surface area (Å²) >= 11 is 0. The number of nitrogens with zero attached hydrogens (tertiary/aromatic N) is 1. The van der Waals surface area contributed by atoms with Gasteiger partial charge in [0.15, 0.2) is 0 Å². The summed E-state index contributed by atoms with van der Waals surface area (Å²) in [4.78, 5) is 25.5. The first-order valence-electron chi connectivity index (χ1n) is 7.07. The first-order chi connectivity index (χ1) is 9.24. The summed E-state index contributed by atoms with van der Waals surface area (Å²) in [5.41, 5.74) is 0.255. The molecule has 0 radical (unpaired) electrons. The summed E-state index contributed by atoms with van der Waals surface area (Å²) in [6.07, 6.45) is 1.74. The minimum atomic E-state index is -0.603. The van der Waals surface area contributed by atoms with Crippen LogP contribution >= 0.6 is 0 Å². The van der Waals surface area contributed by atoms with Crippen LogP contribution in [0, 0.1) is 0 Å². The van der Waals surface area contributed by atoms with Crippen molar-refractivity contribution in [3.05, 3.63) is 12.2 Å². The van der Waals surface area contributed by atoms with Gasteiger partial charge in [-0.25, -0.2) is 9.59 Å². The molecule has 0 saturated carbocycles. The Balaban J connectivity index is 2.66. The van der Waals surface area contributed by atoms with Crippen molar-refractivity contribution >= 4 is 12.1 Å². The number of carbonyl (C=O) groups is 2. The first kappa shape index (κ1) is 16.5. The second-order valence-corrected chi connectivity index (χ2v) is 6.10. The minimum Gasteiger partial charge on any atom is -0.464 e. The molecule has 1 amide bonds. The Labute approximate surface area is 120 Å². The lowest BCUT2D eigenvalue weighted by molar-refractivity contribution is -0.148. The molecule has 1 heterocycles. The number of amides is 1. The topological polar surface area (TPSA) is 55.8 Å². The summed E-state index contributed by atoms with van der Waals surface area (Å²) in [5, 5.41) is 0. The van der Waals surface area contributed by atoms with Crippen LogP contribution in [0.1, 0.15) is 47.0 Å². The summed E-state index contributed by atoms with van der Waals surface area (Å²) in [7, 11) is 0. The number of carbonyl (C=O) groups excluding carboxylic acids is 2. The molecule has 5 heteroatoms. The van der Waals surface area contributed by atoms with Crippen molar-refractivity contribution in [2.45, 2.75) is 58.6 Å². The van der Waals surface area contributed by atoms with E-state index in [-0.39, 0.29) is 5.97 Å². The number of rotatable bonds is 4. The average Bonchev–Trinajstić information content (AvgIpc) is 2.69. The molecule has 0 unspecified atom stereocenters. The predicted molar refractivity (Wildman–Crippen MR) is 76.4 cm³/mol. The van der Waals surface area contributed by atoms with E-state index in [1.807, 2.05) is 6.92 Å². The Bertz CT molecular complexity index is 384. The SMILES string of the molecule is C=C1C[C@@H](C(=O)OCCCC)N(C(=O)OC(C)(C)C)C1. The fourth-order valence-electron chi connectivity index (χ4n) is 1.94. The third-order valence-electron chi connectivity index (χ3n) is 2.89. The van der Waals surface area contributed by atoms with Gasteiger partial charge in [-0.2, -0.15) is 0 Å². The van der Waals surface area contributed by atoms with Crippen molar-refractivity contribution in [1.82, 2.24) is 4.90 Å². The van der Waals surface area contributed by atoms with Gasteiger partial charge in [0.1, 0.15) is 11.6 Å². The third-order valence-corrected chi connectivity index (χ3v) is 2.89. The highest BCUT2D eigenvalue weighted by molar-refractivity contribution is 5.83. The Morgan fingerprint density at radius 2 is 2.05 bits per heavy atom. The van der Waals surface area contributed by atoms with E-state index in [2.05, 4.69) is 6.58 Å². The van der Waals surface area contributed by atoms with Crippen molar-refractivity contribution in [1.29, 1.82) is 0 Å². The fourth-order valence-corrected chi connectivity index (χ4v) is 1.94. The van der Waals surface area contributed by atoms with Gasteiger partial charge in [-0.05, 0) is 27.2 Å². The van der Waals surface area contributed by atoms with Gasteiger partial charge in [-0.15, -0.1) is 0 Å². The number of hydrogen-bond acceptors (Lipinski definition) is 4. The van der Waals surface area contributed by atoms with Crippen LogP contribution in [-0.2, 0) is 14.3 Å². The van der Waals surface area contributed by atoms with Gasteiger partial charge < -0.3 is 9.47 Å². The van der Waals surface area contributed by atoms with Crippen LogP contribution in [-0.4, -0.2) is 41.8 Å². The van der Waals surface area contributed by atoms with Crippen LogP contribution in [0.25, 0.3) is 0 Å². The zero-order chi connectivity index (χ0) is 15.3. The Morgan fingerprint density at radius 3 is 2.60 bits per heavy atom. The van der Waals surface area contributed by atoms with E-state index in [4.69, 9.17) is 9.47 Å². The van der Waals surface area contributed by atoms with Gasteiger partial charge in [-0.3, -0.25) is 4.90 Å². The molecule has 0 aliphatic carbocycles. The number of ether oxygens (including phenoxy) is 2. The molecule has 20 heavy (non-hydrogen) atoms. The summed E-state index contributed by atoms with van der Waals surface area (Å²) in [6, 6.07) is -0.603. The zero-order valence-electron chi connectivity index (χ0n) is 12.9. The normalized spacial score (nSPS) is 19.1. The largest absolute Gasteiger partial charge is 0.464 e. The summed E-state index contributed by atoms with van der Waals surface area (Å²) in [5.74, 6) is -0.372. The molecule has 0 bridgehead atoms. The minimum absolute atomic E-state index is 0.350. The van der Waals surface area contributed by atoms with E-state index in [0.717, 1.165) is 18.4 Å². The van der Waals surface area contributed by atoms with Gasteiger partial charge in [0.25, 0.3) is 0 Å². The van der Waals surface area contributed by atoms with E-state index in [1.165, 1.54) is 4.90 Å². The van der Waals surface area contributed by atoms with Gasteiger partial charge in [0.05, 0.1) is 6.61 Å². The van der Waals surface area contributed by atoms with Crippen molar-refractivity contribution in [2.24, 2.45) is 0 Å². The maximum Gasteiger partial charge on any atom is 0.411 e. The molecule has 1 aliphatic heterocycles. The highest BCUT2D eigenvalue weighted by Gasteiger charge is 2.39. The highest BCUT2D eigenvalue weighted by Crippen LogP contribution is 2.24. The molecular weight excluding hydrogens is 258 g/mol. The highest BCUT2D eigenvalue weighted by atomic mass is 16.6. The molecule has 1 atom stereocenters. The second kappa shape index (κ2) is 6.77. The molecule has 0 aromatic rings. The van der Waals surface area contributed by atoms with Crippen molar-refractivity contribution in [3.8, 4) is 0 Å². The zero-order valence-corrected chi connectivity index (χ0v) is 12.9. The standard InChI is InChI=1S/C15H25NO4/c1-6-7-8-19-13(17)12-9-11(2)10-16(12)14(18)20-15(3,4)5/h12H,2,6-10H2,1,3-5H3/t12-/m0/s1. The van der Waals surface area contributed by atoms with Crippen molar-refractivity contribution < 1.29 is 19.1 Å². The predicted octanol–water partition coefficient (Wildman–Crippen LogP) is 2.90. The van der Waals surface area contributed by atoms with Gasteiger partial charge >= 0.3 is 12.1 Å². The molecule has 1 fully saturated rings. The summed E-state index contributed by atoms with van der Waals surface area (Å²) in [6.45, 7) is 12.0. The van der Waals surface area contributed by atoms with Crippen LogP contribution in [0.15, 0.2) is 12.2 Å². The molecule has 5 nitrogen and oxygen atoms in total. The van der Waals surface area contributed by atoms with Crippen LogP contribution in [0.5, 0.6) is 0 Å². The number of hydrogen-bond donors (Lipinski definition) is 0. The van der Waals surface area contributed by atoms with Gasteiger partial charge in [0, 0.05) is 13.0 Å². The lowest BCUT2D eigenvalue weighted by Gasteiger charge is -2.27. The third kappa shape index (κ3) is 4.87. The Kier molecular flexibility index (Phi) is 5.60. The van der Waals surface area contributed by atoms with Gasteiger partial charge in [0.2, 0.25) is 0 Å². The van der Waals surface area contributed by atoms with Crippen LogP contribution in [0.2, 0.25) is 0 Å². The van der Waals surface area contributed by atoms with Crippen molar-refractivity contribution in [3.63, 3.8) is 0 Å². The second-order valence-electron chi connectivity index (χ2n) is 6.10. The smallest absolute Gasteiger partial charge is 0.411 e. The first-order valence-corrected chi connectivity index (χ1v) is 7.07. The van der Waals surface area contributed by atoms with Crippen LogP contribution in [0.3, 0.4) is 0 Å². The number of esters is 1. The molecule has 1 aliphatic rings. The molecule has 114 valence electrons. The van der Waals surface area contributed by atoms with E-state index in [9.17, 15) is 9.59 Å². The lowest BCUT2D eigenvalue weighted by Crippen LogP contribution is -2.44.